The summed E-state index contributed by atoms with van der Waals surface area (Å²) in [5.74, 6) is 0. The topological polar surface area (TPSA) is 9.23 Å². The van der Waals surface area contributed by atoms with Crippen LogP contribution >= 0.6 is 0 Å². The minimum atomic E-state index is 0. The van der Waals surface area contributed by atoms with Crippen molar-refractivity contribution >= 4 is 0 Å². The molecule has 0 bridgehead atoms. The van der Waals surface area contributed by atoms with E-state index in [4.69, 9.17) is 4.84 Å². The Morgan fingerprint density at radius 3 is 1.08 bits per heavy atom. The molecule has 2 nitrogen and oxygen atoms in total. The van der Waals surface area contributed by atoms with Crippen molar-refractivity contribution in [2.24, 2.45) is 0 Å². The van der Waals surface area contributed by atoms with Crippen LogP contribution in [0, 0.1) is 0 Å². The molecule has 26 heavy (non-hydrogen) atoms. The molecule has 0 atom stereocenters. The summed E-state index contributed by atoms with van der Waals surface area (Å²) < 4.78 is 0.881. The first kappa shape index (κ1) is 28.4. The lowest BCUT2D eigenvalue weighted by Crippen LogP contribution is -3.00. The number of nitrogens with zero attached hydrogens (tertiary/aromatic N) is 1. The second-order valence-corrected chi connectivity index (χ2v) is 7.95. The highest BCUT2D eigenvalue weighted by atomic mass is 35.5. The third-order valence-corrected chi connectivity index (χ3v) is 5.80. The van der Waals surface area contributed by atoms with Gasteiger partial charge in [0.2, 0.25) is 0 Å². The summed E-state index contributed by atoms with van der Waals surface area (Å²) in [4.78, 5) is 5.94. The van der Waals surface area contributed by atoms with Crippen molar-refractivity contribution in [3.63, 3.8) is 0 Å². The molecule has 0 aliphatic carbocycles. The highest BCUT2D eigenvalue weighted by Gasteiger charge is 2.24. The molecule has 0 heterocycles. The Hall–Kier alpha value is 0.210. The van der Waals surface area contributed by atoms with Crippen molar-refractivity contribution in [3.05, 3.63) is 0 Å². The Balaban J connectivity index is 0. The van der Waals surface area contributed by atoms with Crippen LogP contribution in [0.3, 0.4) is 0 Å². The van der Waals surface area contributed by atoms with Gasteiger partial charge < -0.3 is 12.4 Å². The second-order valence-electron chi connectivity index (χ2n) is 7.95. The zero-order valence-corrected chi connectivity index (χ0v) is 19.4. The van der Waals surface area contributed by atoms with Crippen LogP contribution in [-0.2, 0) is 4.84 Å². The number of unbranched alkanes of at least 4 members (excludes halogenated alkanes) is 14. The molecule has 0 saturated carbocycles. The molecule has 0 spiro atoms. The predicted molar refractivity (Wildman–Crippen MR) is 113 cm³/mol. The molecule has 0 saturated heterocycles. The van der Waals surface area contributed by atoms with Gasteiger partial charge in [-0.05, 0) is 32.6 Å². The molecule has 160 valence electrons. The fraction of sp³-hybridized carbons (Fsp3) is 1.00. The number of halogens is 1. The Bertz CT molecular complexity index is 235. The second kappa shape index (κ2) is 21.5. The van der Waals surface area contributed by atoms with E-state index in [9.17, 15) is 0 Å². The lowest BCUT2D eigenvalue weighted by atomic mass is 10.1. The van der Waals surface area contributed by atoms with Crippen molar-refractivity contribution in [1.29, 1.82) is 0 Å². The van der Waals surface area contributed by atoms with Gasteiger partial charge in [0.25, 0.3) is 0 Å². The van der Waals surface area contributed by atoms with Crippen molar-refractivity contribution < 1.29 is 21.9 Å². The average molecular weight is 392 g/mol. The number of quaternary nitrogens is 1. The summed E-state index contributed by atoms with van der Waals surface area (Å²) in [6, 6.07) is 0. The maximum Gasteiger partial charge on any atom is 0.109 e. The van der Waals surface area contributed by atoms with Gasteiger partial charge in [0.15, 0.2) is 0 Å². The van der Waals surface area contributed by atoms with E-state index < -0.39 is 0 Å². The van der Waals surface area contributed by atoms with Crippen molar-refractivity contribution in [2.45, 2.75) is 124 Å². The van der Waals surface area contributed by atoms with Crippen molar-refractivity contribution in [1.82, 2.24) is 0 Å². The third kappa shape index (κ3) is 16.4. The molecular weight excluding hydrogens is 342 g/mol. The van der Waals surface area contributed by atoms with Gasteiger partial charge in [-0.15, -0.1) is 0 Å². The number of hydrogen-bond acceptors (Lipinski definition) is 1. The summed E-state index contributed by atoms with van der Waals surface area (Å²) >= 11 is 0. The van der Waals surface area contributed by atoms with Crippen molar-refractivity contribution in [2.75, 3.05) is 26.7 Å². The third-order valence-electron chi connectivity index (χ3n) is 5.80. The summed E-state index contributed by atoms with van der Waals surface area (Å²) in [5.41, 5.74) is 0. The number of hydroxylamine groups is 3. The molecule has 0 aromatic heterocycles. The fourth-order valence-corrected chi connectivity index (χ4v) is 3.81. The first-order valence-corrected chi connectivity index (χ1v) is 11.7. The highest BCUT2D eigenvalue weighted by Crippen LogP contribution is 2.16. The van der Waals surface area contributed by atoms with Crippen LogP contribution in [0.5, 0.6) is 0 Å². The fourth-order valence-electron chi connectivity index (χ4n) is 3.81. The first-order chi connectivity index (χ1) is 12.2. The average Bonchev–Trinajstić information content (AvgIpc) is 2.64. The Morgan fingerprint density at radius 2 is 0.808 bits per heavy atom. The van der Waals surface area contributed by atoms with E-state index in [0.29, 0.717) is 0 Å². The molecule has 0 N–H and O–H groups in total. The van der Waals surface area contributed by atoms with Gasteiger partial charge in [-0.25, -0.2) is 4.84 Å². The zero-order chi connectivity index (χ0) is 18.6. The minimum absolute atomic E-state index is 0. The van der Waals surface area contributed by atoms with E-state index in [1.54, 1.807) is 0 Å². The van der Waals surface area contributed by atoms with Gasteiger partial charge in [-0.2, -0.15) is 4.65 Å². The minimum Gasteiger partial charge on any atom is -1.00 e. The molecule has 0 aromatic carbocycles. The van der Waals surface area contributed by atoms with Gasteiger partial charge in [0, 0.05) is 0 Å². The van der Waals surface area contributed by atoms with Gasteiger partial charge in [-0.3, -0.25) is 0 Å². The van der Waals surface area contributed by atoms with Crippen LogP contribution in [0.1, 0.15) is 124 Å². The Kier molecular flexibility index (Phi) is 23.5. The van der Waals surface area contributed by atoms with E-state index in [2.05, 4.69) is 20.8 Å². The van der Waals surface area contributed by atoms with Gasteiger partial charge >= 0.3 is 0 Å². The molecule has 0 fully saturated rings. The molecule has 0 aliphatic heterocycles. The van der Waals surface area contributed by atoms with Gasteiger partial charge in [-0.1, -0.05) is 90.9 Å². The summed E-state index contributed by atoms with van der Waals surface area (Å²) in [6.45, 7) is 10.4. The van der Waals surface area contributed by atoms with E-state index in [-0.39, 0.29) is 12.4 Å². The van der Waals surface area contributed by atoms with Gasteiger partial charge in [0.1, 0.15) is 19.6 Å². The molecule has 0 aromatic rings. The summed E-state index contributed by atoms with van der Waals surface area (Å²) in [7, 11) is 1.92. The maximum absolute atomic E-state index is 5.94. The zero-order valence-electron chi connectivity index (χ0n) is 18.7. The SMILES string of the molecule is CCCCCCCCCC[N+](CC)(CCCCCCCCCC)OC.[Cl-]. The summed E-state index contributed by atoms with van der Waals surface area (Å²) in [6.07, 6.45) is 22.4. The molecule has 0 aliphatic rings. The molecular formula is C23H50ClNO. The van der Waals surface area contributed by atoms with Crippen LogP contribution < -0.4 is 12.4 Å². The monoisotopic (exact) mass is 391 g/mol. The lowest BCUT2D eigenvalue weighted by Gasteiger charge is -2.33. The van der Waals surface area contributed by atoms with E-state index in [0.717, 1.165) is 11.2 Å². The quantitative estimate of drug-likeness (QED) is 0.166. The normalized spacial score (nSPS) is 11.5. The van der Waals surface area contributed by atoms with Crippen LogP contribution in [-0.4, -0.2) is 31.4 Å². The molecule has 3 heteroatoms. The van der Waals surface area contributed by atoms with Crippen LogP contribution in [0.4, 0.5) is 0 Å². The summed E-state index contributed by atoms with van der Waals surface area (Å²) in [5, 5.41) is 0. The number of rotatable bonds is 20. The smallest absolute Gasteiger partial charge is 0.109 e. The maximum atomic E-state index is 5.94. The predicted octanol–water partition coefficient (Wildman–Crippen LogP) is 4.67. The largest absolute Gasteiger partial charge is 1.00 e. The van der Waals surface area contributed by atoms with Crippen LogP contribution in [0.2, 0.25) is 0 Å². The van der Waals surface area contributed by atoms with E-state index in [1.807, 2.05) is 7.11 Å². The first-order valence-electron chi connectivity index (χ1n) is 11.7. The molecule has 0 radical (unpaired) electrons. The lowest BCUT2D eigenvalue weighted by molar-refractivity contribution is -1.10. The Morgan fingerprint density at radius 1 is 0.500 bits per heavy atom. The van der Waals surface area contributed by atoms with Gasteiger partial charge in [0.05, 0.1) is 7.11 Å². The molecule has 0 rings (SSSR count). The highest BCUT2D eigenvalue weighted by molar-refractivity contribution is 4.48. The van der Waals surface area contributed by atoms with Crippen LogP contribution in [0.15, 0.2) is 0 Å². The molecule has 0 unspecified atom stereocenters. The van der Waals surface area contributed by atoms with E-state index in [1.165, 1.54) is 116 Å². The van der Waals surface area contributed by atoms with E-state index >= 15 is 0 Å². The van der Waals surface area contributed by atoms with Crippen LogP contribution in [0.25, 0.3) is 0 Å². The standard InChI is InChI=1S/C23H50NO.ClH/c1-5-8-10-12-14-16-18-20-22-24(7-3,25-4)23-21-19-17-15-13-11-9-6-2;/h5-23H2,1-4H3;1H/q+1;/p-1. The van der Waals surface area contributed by atoms with Crippen molar-refractivity contribution in [3.8, 4) is 0 Å². The number of hydrogen-bond donors (Lipinski definition) is 0. The molecule has 0 amide bonds. The Labute approximate surface area is 172 Å².